The summed E-state index contributed by atoms with van der Waals surface area (Å²) < 4.78 is 0. The van der Waals surface area contributed by atoms with Gasteiger partial charge in [-0.05, 0) is 19.3 Å². The average Bonchev–Trinajstić information content (AvgIpc) is 2.81. The van der Waals surface area contributed by atoms with Gasteiger partial charge in [0.25, 0.3) is 0 Å². The van der Waals surface area contributed by atoms with Crippen LogP contribution in [0, 0.1) is 11.3 Å². The first-order valence-corrected chi connectivity index (χ1v) is 4.33. The monoisotopic (exact) mass is 155 g/mol. The number of rotatable bonds is 4. The molecule has 0 aromatic carbocycles. The van der Waals surface area contributed by atoms with Crippen LogP contribution in [-0.2, 0) is 0 Å². The van der Waals surface area contributed by atoms with E-state index in [2.05, 4.69) is 12.3 Å². The molecule has 11 heavy (non-hydrogen) atoms. The Balaban J connectivity index is 2.32. The normalized spacial score (nSPS) is 16.5. The summed E-state index contributed by atoms with van der Waals surface area (Å²) in [5.41, 5.74) is 3.03. The highest BCUT2D eigenvalue weighted by atomic mass is 15.5. The van der Waals surface area contributed by atoms with Crippen LogP contribution >= 0.6 is 0 Å². The summed E-state index contributed by atoms with van der Waals surface area (Å²) in [6.07, 6.45) is 3.51. The Labute approximate surface area is 68.3 Å². The Kier molecular flexibility index (Phi) is 2.88. The second-order valence-corrected chi connectivity index (χ2v) is 3.03. The van der Waals surface area contributed by atoms with Gasteiger partial charge in [0.2, 0.25) is 0 Å². The Bertz CT molecular complexity index is 140. The van der Waals surface area contributed by atoms with E-state index in [0.29, 0.717) is 5.92 Å². The third-order valence-electron chi connectivity index (χ3n) is 1.97. The molecule has 0 unspecified atom stereocenters. The molecular weight excluding hydrogens is 138 g/mol. The van der Waals surface area contributed by atoms with Crippen molar-refractivity contribution in [3.8, 4) is 0 Å². The fraction of sp³-hybridized carbons (Fsp3) is 0.875. The molecule has 0 aromatic rings. The lowest BCUT2D eigenvalue weighted by atomic mass is 10.3. The zero-order valence-corrected chi connectivity index (χ0v) is 7.35. The van der Waals surface area contributed by atoms with Crippen LogP contribution in [0.3, 0.4) is 0 Å². The molecule has 0 bridgehead atoms. The fourth-order valence-electron chi connectivity index (χ4n) is 1.15. The first-order valence-electron chi connectivity index (χ1n) is 4.33. The van der Waals surface area contributed by atoms with Crippen LogP contribution in [0.2, 0.25) is 0 Å². The zero-order chi connectivity index (χ0) is 8.27. The van der Waals surface area contributed by atoms with Gasteiger partial charge >= 0.3 is 0 Å². The van der Waals surface area contributed by atoms with Gasteiger partial charge in [-0.2, -0.15) is 0 Å². The number of amidine groups is 1. The second kappa shape index (κ2) is 3.72. The van der Waals surface area contributed by atoms with Crippen molar-refractivity contribution in [1.29, 1.82) is 5.41 Å². The number of nitrogens with zero attached hydrogens (tertiary/aromatic N) is 1. The zero-order valence-electron chi connectivity index (χ0n) is 7.35. The highest BCUT2D eigenvalue weighted by Gasteiger charge is 2.29. The minimum absolute atomic E-state index is 0.550. The lowest BCUT2D eigenvalue weighted by Crippen LogP contribution is -2.41. The Morgan fingerprint density at radius 3 is 2.64 bits per heavy atom. The number of hydrogen-bond acceptors (Lipinski definition) is 2. The van der Waals surface area contributed by atoms with Crippen LogP contribution in [-0.4, -0.2) is 24.4 Å². The van der Waals surface area contributed by atoms with Crippen molar-refractivity contribution in [3.63, 3.8) is 0 Å². The van der Waals surface area contributed by atoms with E-state index in [4.69, 9.17) is 5.41 Å². The third kappa shape index (κ3) is 2.19. The Hall–Kier alpha value is -0.570. The van der Waals surface area contributed by atoms with E-state index < -0.39 is 0 Å². The topological polar surface area (TPSA) is 39.1 Å². The number of hydrazine groups is 1. The lowest BCUT2D eigenvalue weighted by Gasteiger charge is -2.22. The summed E-state index contributed by atoms with van der Waals surface area (Å²) in [7, 11) is 1.88. The van der Waals surface area contributed by atoms with Crippen molar-refractivity contribution in [3.05, 3.63) is 0 Å². The summed E-state index contributed by atoms with van der Waals surface area (Å²) in [4.78, 5) is 0. The van der Waals surface area contributed by atoms with Crippen molar-refractivity contribution < 1.29 is 0 Å². The molecule has 3 heteroatoms. The van der Waals surface area contributed by atoms with Gasteiger partial charge in [0.1, 0.15) is 5.84 Å². The van der Waals surface area contributed by atoms with Crippen LogP contribution in [0.5, 0.6) is 0 Å². The van der Waals surface area contributed by atoms with Gasteiger partial charge in [0.15, 0.2) is 0 Å². The van der Waals surface area contributed by atoms with E-state index in [-0.39, 0.29) is 0 Å². The molecule has 1 rings (SSSR count). The number of nitrogens with one attached hydrogen (secondary N) is 2. The summed E-state index contributed by atoms with van der Waals surface area (Å²) in [5.74, 6) is 1.32. The molecule has 0 atom stereocenters. The van der Waals surface area contributed by atoms with Gasteiger partial charge < -0.3 is 0 Å². The average molecular weight is 155 g/mol. The van der Waals surface area contributed by atoms with Crippen LogP contribution in [0.25, 0.3) is 0 Å². The lowest BCUT2D eigenvalue weighted by molar-refractivity contribution is 0.327. The molecule has 1 fully saturated rings. The molecule has 0 spiro atoms. The van der Waals surface area contributed by atoms with E-state index in [9.17, 15) is 0 Å². The molecule has 1 aliphatic carbocycles. The Morgan fingerprint density at radius 2 is 2.27 bits per heavy atom. The quantitative estimate of drug-likeness (QED) is 0.364. The van der Waals surface area contributed by atoms with Crippen LogP contribution in [0.15, 0.2) is 0 Å². The summed E-state index contributed by atoms with van der Waals surface area (Å²) in [5, 5.41) is 9.67. The van der Waals surface area contributed by atoms with Crippen LogP contribution < -0.4 is 5.43 Å². The molecule has 0 aliphatic heterocycles. The summed E-state index contributed by atoms with van der Waals surface area (Å²) in [6, 6.07) is 0. The van der Waals surface area contributed by atoms with Gasteiger partial charge in [-0.1, -0.05) is 6.92 Å². The van der Waals surface area contributed by atoms with Gasteiger partial charge in [-0.25, -0.2) is 5.43 Å². The van der Waals surface area contributed by atoms with Crippen molar-refractivity contribution in [2.24, 2.45) is 5.92 Å². The minimum atomic E-state index is 0.550. The van der Waals surface area contributed by atoms with Crippen LogP contribution in [0.4, 0.5) is 0 Å². The van der Waals surface area contributed by atoms with E-state index in [1.54, 1.807) is 0 Å². The molecule has 1 aliphatic rings. The standard InChI is InChI=1S/C8H17N3/c1-3-6-11(10-2)8(9)7-4-5-7/h7,9-10H,3-6H2,1-2H3. The molecule has 0 saturated heterocycles. The Morgan fingerprint density at radius 1 is 1.64 bits per heavy atom. The molecule has 0 aromatic heterocycles. The largest absolute Gasteiger partial charge is 0.296 e. The van der Waals surface area contributed by atoms with Crippen molar-refractivity contribution in [2.75, 3.05) is 13.6 Å². The maximum Gasteiger partial charge on any atom is 0.113 e. The first kappa shape index (κ1) is 8.53. The number of hydrogen-bond donors (Lipinski definition) is 2. The fourth-order valence-corrected chi connectivity index (χ4v) is 1.15. The molecule has 3 nitrogen and oxygen atoms in total. The second-order valence-electron chi connectivity index (χ2n) is 3.03. The maximum atomic E-state index is 7.73. The minimum Gasteiger partial charge on any atom is -0.296 e. The maximum absolute atomic E-state index is 7.73. The molecular formula is C8H17N3. The molecule has 64 valence electrons. The first-order chi connectivity index (χ1) is 5.29. The van der Waals surface area contributed by atoms with Crippen molar-refractivity contribution in [1.82, 2.24) is 10.4 Å². The smallest absolute Gasteiger partial charge is 0.113 e. The van der Waals surface area contributed by atoms with Gasteiger partial charge in [-0.15, -0.1) is 0 Å². The highest BCUT2D eigenvalue weighted by Crippen LogP contribution is 2.30. The SMILES string of the molecule is CCCN(NC)C(=N)C1CC1. The van der Waals surface area contributed by atoms with Crippen molar-refractivity contribution >= 4 is 5.84 Å². The molecule has 2 N–H and O–H groups in total. The highest BCUT2D eigenvalue weighted by molar-refractivity contribution is 5.83. The van der Waals surface area contributed by atoms with Crippen molar-refractivity contribution in [2.45, 2.75) is 26.2 Å². The third-order valence-corrected chi connectivity index (χ3v) is 1.97. The molecule has 0 radical (unpaired) electrons. The molecule has 1 saturated carbocycles. The summed E-state index contributed by atoms with van der Waals surface area (Å²) >= 11 is 0. The van der Waals surface area contributed by atoms with Gasteiger partial charge in [-0.3, -0.25) is 10.4 Å². The van der Waals surface area contributed by atoms with Gasteiger partial charge in [0, 0.05) is 19.5 Å². The summed E-state index contributed by atoms with van der Waals surface area (Å²) in [6.45, 7) is 3.08. The predicted molar refractivity (Wildman–Crippen MR) is 46.5 cm³/mol. The van der Waals surface area contributed by atoms with E-state index in [0.717, 1.165) is 18.8 Å². The van der Waals surface area contributed by atoms with E-state index in [1.165, 1.54) is 12.8 Å². The molecule has 0 heterocycles. The predicted octanol–water partition coefficient (Wildman–Crippen LogP) is 1.22. The van der Waals surface area contributed by atoms with E-state index in [1.807, 2.05) is 12.1 Å². The van der Waals surface area contributed by atoms with Crippen LogP contribution in [0.1, 0.15) is 26.2 Å². The molecule has 0 amide bonds. The van der Waals surface area contributed by atoms with Gasteiger partial charge in [0.05, 0.1) is 0 Å². The van der Waals surface area contributed by atoms with E-state index >= 15 is 0 Å².